The summed E-state index contributed by atoms with van der Waals surface area (Å²) in [5.41, 5.74) is -0.317. The molecule has 0 aromatic heterocycles. The lowest BCUT2D eigenvalue weighted by atomic mass is 10.1. The quantitative estimate of drug-likeness (QED) is 0.381. The molecule has 0 spiro atoms. The number of carboxylic acid groups (broad SMARTS) is 1. The number of hydrogen-bond acceptors (Lipinski definition) is 5. The molecule has 0 bridgehead atoms. The van der Waals surface area contributed by atoms with Gasteiger partial charge in [0.1, 0.15) is 0 Å². The average Bonchev–Trinajstić information content (AvgIpc) is 2.38. The van der Waals surface area contributed by atoms with Crippen LogP contribution in [0.1, 0.15) is 10.4 Å². The van der Waals surface area contributed by atoms with Gasteiger partial charge in [0.05, 0.1) is 18.4 Å². The summed E-state index contributed by atoms with van der Waals surface area (Å²) in [6.07, 6.45) is 3.30. The van der Waals surface area contributed by atoms with E-state index in [1.165, 1.54) is 7.11 Å². The van der Waals surface area contributed by atoms with E-state index < -0.39 is 11.8 Å². The minimum Gasteiger partial charge on any atom is -0.494 e. The second-order valence-electron chi connectivity index (χ2n) is 3.17. The first kappa shape index (κ1) is 14.8. The number of amidine groups is 1. The zero-order valence-corrected chi connectivity index (χ0v) is 10.9. The molecule has 0 unspecified atom stereocenters. The number of thioether (sulfide) groups is 1. The van der Waals surface area contributed by atoms with Gasteiger partial charge in [-0.3, -0.25) is 5.32 Å². The Balaban J connectivity index is 3.38. The number of aromatic carboxylic acids is 1. The lowest BCUT2D eigenvalue weighted by Gasteiger charge is -2.07. The van der Waals surface area contributed by atoms with Crippen LogP contribution in [0.25, 0.3) is 0 Å². The van der Waals surface area contributed by atoms with Gasteiger partial charge < -0.3 is 9.84 Å². The third kappa shape index (κ3) is 3.59. The van der Waals surface area contributed by atoms with Crippen LogP contribution in [-0.4, -0.2) is 29.6 Å². The van der Waals surface area contributed by atoms with Gasteiger partial charge >= 0.3 is 5.97 Å². The Hall–Kier alpha value is -2.27. The third-order valence-electron chi connectivity index (χ3n) is 2.08. The zero-order valence-electron chi connectivity index (χ0n) is 10.1. The fraction of sp³-hybridized carbons (Fsp3) is 0.182. The summed E-state index contributed by atoms with van der Waals surface area (Å²) in [5, 5.41) is 20.0. The number of nitrogens with one attached hydrogen (secondary N) is 1. The van der Waals surface area contributed by atoms with E-state index >= 15 is 0 Å². The van der Waals surface area contributed by atoms with Crippen LogP contribution in [0.5, 0.6) is 5.75 Å². The molecule has 0 aliphatic carbocycles. The van der Waals surface area contributed by atoms with E-state index in [-0.39, 0.29) is 22.2 Å². The maximum atomic E-state index is 13.6. The number of rotatable bonds is 3. The van der Waals surface area contributed by atoms with E-state index in [0.29, 0.717) is 0 Å². The molecule has 0 aliphatic heterocycles. The number of methoxy groups -OCH3 is 1. The van der Waals surface area contributed by atoms with Gasteiger partial charge in [-0.05, 0) is 12.3 Å². The Labute approximate surface area is 112 Å². The minimum atomic E-state index is -1.27. The van der Waals surface area contributed by atoms with Crippen molar-refractivity contribution >= 4 is 28.6 Å². The molecule has 0 heterocycles. The van der Waals surface area contributed by atoms with Crippen molar-refractivity contribution < 1.29 is 19.0 Å². The monoisotopic (exact) mass is 283 g/mol. The first-order valence-electron chi connectivity index (χ1n) is 4.92. The van der Waals surface area contributed by atoms with Gasteiger partial charge in [0, 0.05) is 6.07 Å². The Kier molecular flexibility index (Phi) is 5.14. The fourth-order valence-electron chi connectivity index (χ4n) is 1.24. The normalized spacial score (nSPS) is 10.7. The van der Waals surface area contributed by atoms with Crippen LogP contribution in [0.2, 0.25) is 0 Å². The van der Waals surface area contributed by atoms with Crippen molar-refractivity contribution in [2.45, 2.75) is 0 Å². The summed E-state index contributed by atoms with van der Waals surface area (Å²) >= 11 is 1.10. The van der Waals surface area contributed by atoms with Gasteiger partial charge in [-0.1, -0.05) is 11.8 Å². The van der Waals surface area contributed by atoms with Crippen LogP contribution in [0.3, 0.4) is 0 Å². The van der Waals surface area contributed by atoms with E-state index in [0.717, 1.165) is 23.9 Å². The number of ether oxygens (including phenoxy) is 1. The van der Waals surface area contributed by atoms with E-state index in [1.807, 2.05) is 0 Å². The van der Waals surface area contributed by atoms with E-state index in [9.17, 15) is 9.18 Å². The van der Waals surface area contributed by atoms with Crippen molar-refractivity contribution in [1.29, 1.82) is 5.26 Å². The largest absolute Gasteiger partial charge is 0.494 e. The number of benzene rings is 1. The molecule has 0 atom stereocenters. The van der Waals surface area contributed by atoms with E-state index in [2.05, 4.69) is 10.3 Å². The zero-order chi connectivity index (χ0) is 14.4. The highest BCUT2D eigenvalue weighted by Crippen LogP contribution is 2.28. The van der Waals surface area contributed by atoms with Crippen molar-refractivity contribution in [3.8, 4) is 11.9 Å². The molecular weight excluding hydrogens is 273 g/mol. The fourth-order valence-corrected chi connectivity index (χ4v) is 1.58. The highest BCUT2D eigenvalue weighted by Gasteiger charge is 2.16. The van der Waals surface area contributed by atoms with Gasteiger partial charge in [0.25, 0.3) is 0 Å². The van der Waals surface area contributed by atoms with E-state index in [1.54, 1.807) is 12.4 Å². The maximum Gasteiger partial charge on any atom is 0.338 e. The summed E-state index contributed by atoms with van der Waals surface area (Å²) in [5.74, 6) is -2.19. The van der Waals surface area contributed by atoms with Gasteiger partial charge in [0.2, 0.25) is 0 Å². The summed E-state index contributed by atoms with van der Waals surface area (Å²) in [6, 6.07) is 1.98. The first-order chi connectivity index (χ1) is 9.03. The van der Waals surface area contributed by atoms with Crippen molar-refractivity contribution in [3.05, 3.63) is 23.5 Å². The Morgan fingerprint density at radius 1 is 1.63 bits per heavy atom. The number of nitrogens with zero attached hydrogens (tertiary/aromatic N) is 2. The van der Waals surface area contributed by atoms with Gasteiger partial charge in [-0.15, -0.1) is 0 Å². The molecule has 1 aromatic rings. The third-order valence-corrected chi connectivity index (χ3v) is 2.66. The molecule has 0 saturated heterocycles. The van der Waals surface area contributed by atoms with Crippen LogP contribution in [0.4, 0.5) is 10.1 Å². The topological polar surface area (TPSA) is 94.7 Å². The molecule has 1 aromatic carbocycles. The minimum absolute atomic E-state index is 0.0992. The van der Waals surface area contributed by atoms with Crippen LogP contribution >= 0.6 is 11.8 Å². The Morgan fingerprint density at radius 2 is 2.32 bits per heavy atom. The molecule has 0 radical (unpaired) electrons. The SMILES string of the molecule is COc1cc(C(=O)O)c(N=C(NC#N)SC)cc1F. The maximum absolute atomic E-state index is 13.6. The summed E-state index contributed by atoms with van der Waals surface area (Å²) in [4.78, 5) is 15.0. The number of nitriles is 1. The summed E-state index contributed by atoms with van der Waals surface area (Å²) in [6.45, 7) is 0. The lowest BCUT2D eigenvalue weighted by molar-refractivity contribution is 0.0697. The second-order valence-corrected chi connectivity index (χ2v) is 3.96. The number of aliphatic imine (C=N–C) groups is 1. The van der Waals surface area contributed by atoms with Crippen LogP contribution in [-0.2, 0) is 0 Å². The van der Waals surface area contributed by atoms with Gasteiger partial charge in [0.15, 0.2) is 22.9 Å². The lowest BCUT2D eigenvalue weighted by Crippen LogP contribution is -2.13. The molecular formula is C11H10FN3O3S. The predicted molar refractivity (Wildman–Crippen MR) is 69.3 cm³/mol. The van der Waals surface area contributed by atoms with Crippen molar-refractivity contribution in [2.24, 2.45) is 4.99 Å². The molecule has 0 saturated carbocycles. The molecule has 8 heteroatoms. The molecule has 0 amide bonds. The number of hydrogen-bond donors (Lipinski definition) is 2. The van der Waals surface area contributed by atoms with Crippen molar-refractivity contribution in [1.82, 2.24) is 5.32 Å². The van der Waals surface area contributed by atoms with Crippen LogP contribution < -0.4 is 10.1 Å². The predicted octanol–water partition coefficient (Wildman–Crippen LogP) is 1.95. The van der Waals surface area contributed by atoms with Gasteiger partial charge in [-0.2, -0.15) is 5.26 Å². The van der Waals surface area contributed by atoms with Gasteiger partial charge in [-0.25, -0.2) is 14.2 Å². The smallest absolute Gasteiger partial charge is 0.338 e. The highest BCUT2D eigenvalue weighted by molar-refractivity contribution is 8.13. The molecule has 0 fully saturated rings. The summed E-state index contributed by atoms with van der Waals surface area (Å²) in [7, 11) is 1.23. The van der Waals surface area contributed by atoms with Crippen molar-refractivity contribution in [2.75, 3.05) is 13.4 Å². The number of halogens is 1. The highest BCUT2D eigenvalue weighted by atomic mass is 32.2. The summed E-state index contributed by atoms with van der Waals surface area (Å²) < 4.78 is 18.3. The standard InChI is InChI=1S/C11H10FN3O3S/c1-18-9-3-6(10(16)17)8(4-7(9)12)15-11(19-2)14-5-13/h3-4H,1-2H3,(H,14,15)(H,16,17). The Bertz CT molecular complexity index is 569. The molecule has 0 aliphatic rings. The number of carboxylic acids is 1. The van der Waals surface area contributed by atoms with Crippen LogP contribution in [0, 0.1) is 17.3 Å². The van der Waals surface area contributed by atoms with Crippen LogP contribution in [0.15, 0.2) is 17.1 Å². The molecule has 6 nitrogen and oxygen atoms in total. The first-order valence-corrected chi connectivity index (χ1v) is 6.14. The molecule has 19 heavy (non-hydrogen) atoms. The second kappa shape index (κ2) is 6.61. The Morgan fingerprint density at radius 3 is 2.79 bits per heavy atom. The molecule has 2 N–H and O–H groups in total. The average molecular weight is 283 g/mol. The number of carbonyl (C=O) groups is 1. The van der Waals surface area contributed by atoms with E-state index in [4.69, 9.17) is 15.1 Å². The molecule has 100 valence electrons. The molecule has 1 rings (SSSR count). The van der Waals surface area contributed by atoms with Crippen molar-refractivity contribution in [3.63, 3.8) is 0 Å².